The summed E-state index contributed by atoms with van der Waals surface area (Å²) in [6, 6.07) is 7.81. The summed E-state index contributed by atoms with van der Waals surface area (Å²) in [7, 11) is -0.228. The van der Waals surface area contributed by atoms with Crippen LogP contribution in [0, 0.1) is 6.92 Å². The van der Waals surface area contributed by atoms with Gasteiger partial charge >= 0.3 is 0 Å². The second-order valence-electron chi connectivity index (χ2n) is 7.64. The molecule has 1 saturated heterocycles. The number of sulfonamides is 1. The SMILES string of the molecule is COc1ccc(Cc2cnc([C@@H]3CCCN(S(=O)(=O)c4cn(C)nc4C)C3)o2)cc1. The highest BCUT2D eigenvalue weighted by Gasteiger charge is 2.34. The number of aryl methyl sites for hydroxylation is 2. The van der Waals surface area contributed by atoms with Crippen molar-refractivity contribution in [3.63, 3.8) is 0 Å². The third kappa shape index (κ3) is 4.13. The molecule has 0 unspecified atom stereocenters. The van der Waals surface area contributed by atoms with E-state index in [0.29, 0.717) is 31.1 Å². The summed E-state index contributed by atoms with van der Waals surface area (Å²) in [5, 5.41) is 4.18. The average molecular weight is 431 g/mol. The molecule has 0 N–H and O–H groups in total. The van der Waals surface area contributed by atoms with Gasteiger partial charge < -0.3 is 9.15 Å². The van der Waals surface area contributed by atoms with Crippen LogP contribution in [0.1, 0.15) is 41.7 Å². The van der Waals surface area contributed by atoms with E-state index in [1.807, 2.05) is 24.3 Å². The Bertz CT molecular complexity index is 1120. The molecule has 1 aromatic carbocycles. The van der Waals surface area contributed by atoms with Crippen molar-refractivity contribution in [3.05, 3.63) is 59.6 Å². The van der Waals surface area contributed by atoms with Gasteiger partial charge in [-0.25, -0.2) is 13.4 Å². The number of ether oxygens (including phenoxy) is 1. The minimum absolute atomic E-state index is 0.0601. The van der Waals surface area contributed by atoms with Crippen molar-refractivity contribution >= 4 is 10.0 Å². The maximum absolute atomic E-state index is 13.1. The number of rotatable bonds is 6. The van der Waals surface area contributed by atoms with Crippen LogP contribution in [0.2, 0.25) is 0 Å². The van der Waals surface area contributed by atoms with E-state index in [-0.39, 0.29) is 10.8 Å². The first kappa shape index (κ1) is 20.6. The van der Waals surface area contributed by atoms with E-state index in [0.717, 1.165) is 29.9 Å². The number of piperidine rings is 1. The van der Waals surface area contributed by atoms with Gasteiger partial charge in [-0.1, -0.05) is 12.1 Å². The van der Waals surface area contributed by atoms with Crippen molar-refractivity contribution in [2.45, 2.75) is 37.0 Å². The van der Waals surface area contributed by atoms with Crippen LogP contribution >= 0.6 is 0 Å². The molecule has 1 aliphatic heterocycles. The molecule has 0 radical (unpaired) electrons. The maximum atomic E-state index is 13.1. The highest BCUT2D eigenvalue weighted by molar-refractivity contribution is 7.89. The van der Waals surface area contributed by atoms with Gasteiger partial charge in [0.25, 0.3) is 0 Å². The molecule has 160 valence electrons. The van der Waals surface area contributed by atoms with Crippen LogP contribution < -0.4 is 4.74 Å². The smallest absolute Gasteiger partial charge is 0.246 e. The Morgan fingerprint density at radius 3 is 2.70 bits per heavy atom. The summed E-state index contributed by atoms with van der Waals surface area (Å²) in [6.07, 6.45) is 5.53. The van der Waals surface area contributed by atoms with Crippen LogP contribution in [0.4, 0.5) is 0 Å². The Morgan fingerprint density at radius 2 is 2.03 bits per heavy atom. The van der Waals surface area contributed by atoms with Crippen molar-refractivity contribution < 1.29 is 17.6 Å². The molecular weight excluding hydrogens is 404 g/mol. The predicted octanol–water partition coefficient (Wildman–Crippen LogP) is 2.88. The third-order valence-electron chi connectivity index (χ3n) is 5.43. The number of benzene rings is 1. The summed E-state index contributed by atoms with van der Waals surface area (Å²) >= 11 is 0. The largest absolute Gasteiger partial charge is 0.497 e. The topological polar surface area (TPSA) is 90.5 Å². The predicted molar refractivity (Wildman–Crippen MR) is 111 cm³/mol. The second-order valence-corrected chi connectivity index (χ2v) is 9.55. The van der Waals surface area contributed by atoms with E-state index in [1.54, 1.807) is 33.5 Å². The summed E-state index contributed by atoms with van der Waals surface area (Å²) in [6.45, 7) is 2.57. The fraction of sp³-hybridized carbons (Fsp3) is 0.429. The van der Waals surface area contributed by atoms with Gasteiger partial charge in [0.1, 0.15) is 16.4 Å². The molecule has 0 bridgehead atoms. The average Bonchev–Trinajstić information content (AvgIpc) is 3.35. The van der Waals surface area contributed by atoms with Gasteiger partial charge in [-0.15, -0.1) is 0 Å². The molecule has 4 rings (SSSR count). The van der Waals surface area contributed by atoms with Crippen LogP contribution in [0.25, 0.3) is 0 Å². The highest BCUT2D eigenvalue weighted by Crippen LogP contribution is 2.31. The first-order valence-corrected chi connectivity index (χ1v) is 11.4. The molecule has 0 amide bonds. The summed E-state index contributed by atoms with van der Waals surface area (Å²) in [4.78, 5) is 4.71. The van der Waals surface area contributed by atoms with Crippen molar-refractivity contribution in [1.29, 1.82) is 0 Å². The lowest BCUT2D eigenvalue weighted by atomic mass is 10.00. The van der Waals surface area contributed by atoms with Gasteiger partial charge in [0.15, 0.2) is 5.89 Å². The first-order chi connectivity index (χ1) is 14.4. The van der Waals surface area contributed by atoms with E-state index in [2.05, 4.69) is 10.1 Å². The van der Waals surface area contributed by atoms with Gasteiger partial charge in [0.2, 0.25) is 10.0 Å². The lowest BCUT2D eigenvalue weighted by molar-refractivity contribution is 0.281. The molecule has 1 atom stereocenters. The molecule has 0 aliphatic carbocycles. The van der Waals surface area contributed by atoms with Gasteiger partial charge in [0.05, 0.1) is 19.0 Å². The molecule has 0 spiro atoms. The maximum Gasteiger partial charge on any atom is 0.246 e. The molecule has 30 heavy (non-hydrogen) atoms. The number of oxazole rings is 1. The molecule has 2 aromatic heterocycles. The highest BCUT2D eigenvalue weighted by atomic mass is 32.2. The van der Waals surface area contributed by atoms with Crippen LogP contribution in [0.5, 0.6) is 5.75 Å². The van der Waals surface area contributed by atoms with E-state index < -0.39 is 10.0 Å². The van der Waals surface area contributed by atoms with Crippen LogP contribution in [-0.2, 0) is 23.5 Å². The molecule has 9 heteroatoms. The Hall–Kier alpha value is -2.65. The number of methoxy groups -OCH3 is 1. The minimum atomic E-state index is -3.59. The Morgan fingerprint density at radius 1 is 1.27 bits per heavy atom. The fourth-order valence-corrected chi connectivity index (χ4v) is 5.59. The minimum Gasteiger partial charge on any atom is -0.497 e. The molecule has 3 aromatic rings. The van der Waals surface area contributed by atoms with E-state index in [4.69, 9.17) is 9.15 Å². The van der Waals surface area contributed by atoms with E-state index in [9.17, 15) is 8.42 Å². The second kappa shape index (κ2) is 8.23. The Balaban J connectivity index is 1.48. The number of aromatic nitrogens is 3. The van der Waals surface area contributed by atoms with Crippen LogP contribution in [-0.4, -0.2) is 47.7 Å². The quantitative estimate of drug-likeness (QED) is 0.597. The number of hydrogen-bond acceptors (Lipinski definition) is 6. The first-order valence-electron chi connectivity index (χ1n) is 9.94. The molecule has 3 heterocycles. The summed E-state index contributed by atoms with van der Waals surface area (Å²) in [5.74, 6) is 2.11. The normalized spacial score (nSPS) is 17.9. The standard InChI is InChI=1S/C21H26N4O4S/c1-15-20(14-24(2)23-15)30(26,27)25-10-4-5-17(13-25)21-22-12-19(29-21)11-16-6-8-18(28-3)9-7-16/h6-9,12,14,17H,4-5,10-11,13H2,1-3H3/t17-/m1/s1. The van der Waals surface area contributed by atoms with Crippen molar-refractivity contribution in [1.82, 2.24) is 19.1 Å². The fourth-order valence-electron chi connectivity index (χ4n) is 3.87. The van der Waals surface area contributed by atoms with Crippen molar-refractivity contribution in [2.75, 3.05) is 20.2 Å². The zero-order valence-electron chi connectivity index (χ0n) is 17.4. The van der Waals surface area contributed by atoms with Gasteiger partial charge in [-0.05, 0) is 37.5 Å². The van der Waals surface area contributed by atoms with Crippen LogP contribution in [0.15, 0.2) is 46.0 Å². The lowest BCUT2D eigenvalue weighted by Gasteiger charge is -2.30. The number of hydrogen-bond donors (Lipinski definition) is 0. The van der Waals surface area contributed by atoms with E-state index in [1.165, 1.54) is 8.99 Å². The summed E-state index contributed by atoms with van der Waals surface area (Å²) < 4.78 is 40.5. The molecule has 0 saturated carbocycles. The molecule has 8 nitrogen and oxygen atoms in total. The molecule has 1 fully saturated rings. The number of nitrogens with zero attached hydrogens (tertiary/aromatic N) is 4. The molecule has 1 aliphatic rings. The van der Waals surface area contributed by atoms with E-state index >= 15 is 0 Å². The van der Waals surface area contributed by atoms with Crippen molar-refractivity contribution in [3.8, 4) is 5.75 Å². The Labute approximate surface area is 176 Å². The monoisotopic (exact) mass is 430 g/mol. The zero-order valence-corrected chi connectivity index (χ0v) is 18.2. The lowest BCUT2D eigenvalue weighted by Crippen LogP contribution is -2.39. The Kier molecular flexibility index (Phi) is 5.66. The van der Waals surface area contributed by atoms with Gasteiger partial charge in [-0.2, -0.15) is 9.40 Å². The van der Waals surface area contributed by atoms with Crippen molar-refractivity contribution in [2.24, 2.45) is 7.05 Å². The van der Waals surface area contributed by atoms with Gasteiger partial charge in [-0.3, -0.25) is 4.68 Å². The third-order valence-corrected chi connectivity index (χ3v) is 7.40. The van der Waals surface area contributed by atoms with Gasteiger partial charge in [0, 0.05) is 38.7 Å². The zero-order chi connectivity index (χ0) is 21.3. The molecular formula is C21H26N4O4S. The van der Waals surface area contributed by atoms with Crippen LogP contribution in [0.3, 0.4) is 0 Å². The summed E-state index contributed by atoms with van der Waals surface area (Å²) in [5.41, 5.74) is 1.61.